The minimum atomic E-state index is -0.647. The Morgan fingerprint density at radius 1 is 1.44 bits per heavy atom. The van der Waals surface area contributed by atoms with E-state index in [0.29, 0.717) is 31.1 Å². The van der Waals surface area contributed by atoms with Crippen molar-refractivity contribution in [2.75, 3.05) is 13.1 Å². The molecule has 0 spiro atoms. The number of carbonyl (C=O) groups excluding carboxylic acids is 1. The summed E-state index contributed by atoms with van der Waals surface area (Å²) < 4.78 is 17.6. The highest BCUT2D eigenvalue weighted by molar-refractivity contribution is 5.93. The quantitative estimate of drug-likeness (QED) is 0.758. The van der Waals surface area contributed by atoms with Crippen molar-refractivity contribution in [3.63, 3.8) is 0 Å². The second-order valence-corrected chi connectivity index (χ2v) is 6.86. The number of hydrogen-bond acceptors (Lipinski definition) is 4. The van der Waals surface area contributed by atoms with Crippen LogP contribution in [0.25, 0.3) is 5.65 Å². The summed E-state index contributed by atoms with van der Waals surface area (Å²) in [6.07, 6.45) is 3.14. The number of pyridine rings is 1. The monoisotopic (exact) mass is 372 g/mol. The highest BCUT2D eigenvalue weighted by atomic mass is 19.1. The molecule has 8 nitrogen and oxygen atoms in total. The highest BCUT2D eigenvalue weighted by Gasteiger charge is 2.31. The number of fused-ring (bicyclic) bond motifs is 1. The van der Waals surface area contributed by atoms with Gasteiger partial charge in [0, 0.05) is 31.7 Å². The molecule has 1 unspecified atom stereocenters. The Bertz CT molecular complexity index is 1070. The average molecular weight is 372 g/mol. The number of nitrogens with one attached hydrogen (secondary N) is 1. The lowest BCUT2D eigenvalue weighted by Crippen LogP contribution is -2.40. The summed E-state index contributed by atoms with van der Waals surface area (Å²) in [5, 5.41) is 6.61. The van der Waals surface area contributed by atoms with Gasteiger partial charge in [-0.15, -0.1) is 0 Å². The SMILES string of the molecule is CCn1c(C2CCCN(C(=O)c3nc4c(C)cccn4c3F)C2)n[nH]c1=O. The summed E-state index contributed by atoms with van der Waals surface area (Å²) in [5.74, 6) is -0.498. The molecule has 1 saturated heterocycles. The molecule has 0 bridgehead atoms. The van der Waals surface area contributed by atoms with Crippen molar-refractivity contribution < 1.29 is 9.18 Å². The van der Waals surface area contributed by atoms with Gasteiger partial charge in [-0.1, -0.05) is 6.07 Å². The van der Waals surface area contributed by atoms with E-state index in [2.05, 4.69) is 15.2 Å². The van der Waals surface area contributed by atoms with Crippen molar-refractivity contribution in [1.29, 1.82) is 0 Å². The van der Waals surface area contributed by atoms with Gasteiger partial charge in [-0.05, 0) is 38.3 Å². The van der Waals surface area contributed by atoms with Gasteiger partial charge < -0.3 is 4.90 Å². The average Bonchev–Trinajstić information content (AvgIpc) is 3.22. The number of aromatic amines is 1. The van der Waals surface area contributed by atoms with E-state index in [9.17, 15) is 14.0 Å². The Balaban J connectivity index is 1.64. The Morgan fingerprint density at radius 3 is 3.00 bits per heavy atom. The molecular formula is C18H21FN6O2. The molecule has 1 aliphatic rings. The zero-order valence-electron chi connectivity index (χ0n) is 15.3. The third-order valence-electron chi connectivity index (χ3n) is 5.17. The van der Waals surface area contributed by atoms with Crippen molar-refractivity contribution in [2.45, 2.75) is 39.2 Å². The number of nitrogens with zero attached hydrogens (tertiary/aromatic N) is 5. The van der Waals surface area contributed by atoms with Crippen molar-refractivity contribution in [2.24, 2.45) is 0 Å². The maximum absolute atomic E-state index is 14.7. The smallest absolute Gasteiger partial charge is 0.336 e. The number of amides is 1. The summed E-state index contributed by atoms with van der Waals surface area (Å²) in [6, 6.07) is 3.55. The van der Waals surface area contributed by atoms with Crippen molar-refractivity contribution >= 4 is 11.6 Å². The third kappa shape index (κ3) is 2.83. The molecule has 0 aromatic carbocycles. The second-order valence-electron chi connectivity index (χ2n) is 6.86. The molecular weight excluding hydrogens is 351 g/mol. The van der Waals surface area contributed by atoms with Gasteiger partial charge >= 0.3 is 5.69 Å². The Morgan fingerprint density at radius 2 is 2.26 bits per heavy atom. The molecule has 1 amide bonds. The number of hydrogen-bond donors (Lipinski definition) is 1. The summed E-state index contributed by atoms with van der Waals surface area (Å²) in [5.41, 5.74) is 0.826. The Labute approximate surface area is 154 Å². The maximum Gasteiger partial charge on any atom is 0.343 e. The standard InChI is InChI=1S/C18H21FN6O2/c1-3-24-16(21-22-18(24)27)12-7-5-8-23(10-12)17(26)13-14(19)25-9-4-6-11(2)15(25)20-13/h4,6,9,12H,3,5,7-8,10H2,1-2H3,(H,22,27). The van der Waals surface area contributed by atoms with E-state index in [1.54, 1.807) is 21.7 Å². The number of imidazole rings is 1. The largest absolute Gasteiger partial charge is 0.343 e. The number of carbonyl (C=O) groups is 1. The Kier molecular flexibility index (Phi) is 4.29. The van der Waals surface area contributed by atoms with E-state index >= 15 is 0 Å². The predicted octanol–water partition coefficient (Wildman–Crippen LogP) is 1.71. The lowest BCUT2D eigenvalue weighted by atomic mass is 9.97. The fourth-order valence-electron chi connectivity index (χ4n) is 3.78. The first kappa shape index (κ1) is 17.4. The molecule has 1 fully saturated rings. The fraction of sp³-hybridized carbons (Fsp3) is 0.444. The molecule has 0 saturated carbocycles. The molecule has 142 valence electrons. The van der Waals surface area contributed by atoms with Crippen LogP contribution in [-0.4, -0.2) is 48.0 Å². The van der Waals surface area contributed by atoms with Gasteiger partial charge in [0.15, 0.2) is 5.69 Å². The molecule has 1 aliphatic heterocycles. The Hall–Kier alpha value is -2.97. The zero-order chi connectivity index (χ0) is 19.1. The summed E-state index contributed by atoms with van der Waals surface area (Å²) in [4.78, 5) is 30.6. The van der Waals surface area contributed by atoms with Crippen molar-refractivity contribution in [1.82, 2.24) is 29.0 Å². The van der Waals surface area contributed by atoms with Gasteiger partial charge in [0.05, 0.1) is 0 Å². The van der Waals surface area contributed by atoms with Gasteiger partial charge in [-0.3, -0.25) is 13.8 Å². The predicted molar refractivity (Wildman–Crippen MR) is 96.3 cm³/mol. The van der Waals surface area contributed by atoms with Crippen LogP contribution < -0.4 is 5.69 Å². The van der Waals surface area contributed by atoms with Crippen LogP contribution in [0.3, 0.4) is 0 Å². The minimum Gasteiger partial charge on any atom is -0.336 e. The van der Waals surface area contributed by atoms with Gasteiger partial charge in [0.2, 0.25) is 5.95 Å². The van der Waals surface area contributed by atoms with E-state index in [1.165, 1.54) is 4.40 Å². The number of aromatic nitrogens is 5. The van der Waals surface area contributed by atoms with E-state index in [4.69, 9.17) is 0 Å². The fourth-order valence-corrected chi connectivity index (χ4v) is 3.78. The van der Waals surface area contributed by atoms with Crippen molar-refractivity contribution in [3.05, 3.63) is 51.8 Å². The van der Waals surface area contributed by atoms with Gasteiger partial charge in [-0.2, -0.15) is 9.49 Å². The lowest BCUT2D eigenvalue weighted by Gasteiger charge is -2.31. The van der Waals surface area contributed by atoms with E-state index in [-0.39, 0.29) is 17.3 Å². The van der Waals surface area contributed by atoms with Gasteiger partial charge in [-0.25, -0.2) is 14.9 Å². The van der Waals surface area contributed by atoms with Crippen LogP contribution >= 0.6 is 0 Å². The first-order valence-corrected chi connectivity index (χ1v) is 9.08. The first-order valence-electron chi connectivity index (χ1n) is 9.08. The minimum absolute atomic E-state index is 0.0663. The molecule has 3 aromatic rings. The van der Waals surface area contributed by atoms with Crippen LogP contribution in [0.1, 0.15) is 47.6 Å². The van der Waals surface area contributed by atoms with E-state index < -0.39 is 11.9 Å². The number of aryl methyl sites for hydroxylation is 1. The summed E-state index contributed by atoms with van der Waals surface area (Å²) >= 11 is 0. The number of H-pyrrole nitrogens is 1. The molecule has 1 atom stereocenters. The maximum atomic E-state index is 14.7. The van der Waals surface area contributed by atoms with Gasteiger partial charge in [0.1, 0.15) is 11.5 Å². The lowest BCUT2D eigenvalue weighted by molar-refractivity contribution is 0.0692. The summed E-state index contributed by atoms with van der Waals surface area (Å²) in [6.45, 7) is 5.13. The molecule has 1 N–H and O–H groups in total. The molecule has 0 radical (unpaired) electrons. The second kappa shape index (κ2) is 6.64. The molecule has 0 aliphatic carbocycles. The van der Waals surface area contributed by atoms with Crippen LogP contribution in [0.5, 0.6) is 0 Å². The van der Waals surface area contributed by atoms with Crippen LogP contribution in [0.15, 0.2) is 23.1 Å². The summed E-state index contributed by atoms with van der Waals surface area (Å²) in [7, 11) is 0. The zero-order valence-corrected chi connectivity index (χ0v) is 15.3. The van der Waals surface area contributed by atoms with E-state index in [0.717, 1.165) is 18.4 Å². The molecule has 9 heteroatoms. The van der Waals surface area contributed by atoms with E-state index in [1.807, 2.05) is 19.9 Å². The third-order valence-corrected chi connectivity index (χ3v) is 5.17. The van der Waals surface area contributed by atoms with Crippen LogP contribution in [0, 0.1) is 12.9 Å². The molecule has 3 aromatic heterocycles. The topological polar surface area (TPSA) is 88.3 Å². The molecule has 27 heavy (non-hydrogen) atoms. The normalized spacial score (nSPS) is 17.6. The highest BCUT2D eigenvalue weighted by Crippen LogP contribution is 2.26. The molecule has 4 rings (SSSR count). The van der Waals surface area contributed by atoms with Crippen molar-refractivity contribution in [3.8, 4) is 0 Å². The number of rotatable bonds is 3. The number of piperidine rings is 1. The van der Waals surface area contributed by atoms with Gasteiger partial charge in [0.25, 0.3) is 5.91 Å². The number of halogens is 1. The van der Waals surface area contributed by atoms with Crippen LogP contribution in [-0.2, 0) is 6.54 Å². The van der Waals surface area contributed by atoms with Crippen LogP contribution in [0.2, 0.25) is 0 Å². The van der Waals surface area contributed by atoms with Crippen LogP contribution in [0.4, 0.5) is 4.39 Å². The molecule has 4 heterocycles. The number of likely N-dealkylation sites (tertiary alicyclic amines) is 1. The first-order chi connectivity index (χ1) is 13.0.